The number of hydrogen-bond donors (Lipinski definition) is 3. The zero-order chi connectivity index (χ0) is 16.2. The monoisotopic (exact) mass is 311 g/mol. The minimum absolute atomic E-state index is 0.110. The first kappa shape index (κ1) is 14.9. The molecule has 0 saturated carbocycles. The number of H-pyrrole nitrogens is 1. The molecule has 23 heavy (non-hydrogen) atoms. The van der Waals surface area contributed by atoms with Gasteiger partial charge in [-0.05, 0) is 30.2 Å². The molecule has 2 heterocycles. The molecule has 0 fully saturated rings. The van der Waals surface area contributed by atoms with E-state index in [1.807, 2.05) is 30.5 Å². The van der Waals surface area contributed by atoms with Crippen molar-refractivity contribution < 1.29 is 9.90 Å². The highest BCUT2D eigenvalue weighted by Crippen LogP contribution is 2.17. The number of hydrogen-bond acceptors (Lipinski definition) is 3. The van der Waals surface area contributed by atoms with E-state index in [1.54, 1.807) is 0 Å². The van der Waals surface area contributed by atoms with E-state index < -0.39 is 5.56 Å². The standard InChI is InChI=1S/C17H17N3O3/c21-15-6-3-9-20(17(15)23)11-16(22)18-8-7-12-10-19-14-5-2-1-4-13(12)14/h1-6,9-10,19,21H,7-8,11H2,(H,18,22). The normalized spacial score (nSPS) is 10.8. The first-order valence-corrected chi connectivity index (χ1v) is 7.35. The number of nitrogens with zero attached hydrogens (tertiary/aromatic N) is 1. The Morgan fingerprint density at radius 2 is 2.04 bits per heavy atom. The van der Waals surface area contributed by atoms with Crippen LogP contribution in [0.15, 0.2) is 53.6 Å². The maximum absolute atomic E-state index is 11.9. The van der Waals surface area contributed by atoms with Crippen molar-refractivity contribution >= 4 is 16.8 Å². The molecule has 0 aliphatic heterocycles. The minimum Gasteiger partial charge on any atom is -0.503 e. The second kappa shape index (κ2) is 6.39. The largest absolute Gasteiger partial charge is 0.503 e. The Hall–Kier alpha value is -3.02. The third-order valence-electron chi connectivity index (χ3n) is 3.71. The molecule has 1 aromatic carbocycles. The first-order valence-electron chi connectivity index (χ1n) is 7.35. The Bertz CT molecular complexity index is 895. The van der Waals surface area contributed by atoms with E-state index in [0.29, 0.717) is 13.0 Å². The van der Waals surface area contributed by atoms with Crippen molar-refractivity contribution in [1.82, 2.24) is 14.9 Å². The summed E-state index contributed by atoms with van der Waals surface area (Å²) in [5.41, 5.74) is 1.63. The van der Waals surface area contributed by atoms with Crippen molar-refractivity contribution in [2.45, 2.75) is 13.0 Å². The Morgan fingerprint density at radius 3 is 2.91 bits per heavy atom. The molecule has 0 bridgehead atoms. The number of rotatable bonds is 5. The maximum atomic E-state index is 11.9. The van der Waals surface area contributed by atoms with Gasteiger partial charge in [0, 0.05) is 29.8 Å². The number of aromatic amines is 1. The van der Waals surface area contributed by atoms with E-state index in [2.05, 4.69) is 10.3 Å². The summed E-state index contributed by atoms with van der Waals surface area (Å²) in [6.45, 7) is 0.370. The number of aromatic hydroxyl groups is 1. The Kier molecular flexibility index (Phi) is 4.14. The number of carbonyl (C=O) groups is 1. The summed E-state index contributed by atoms with van der Waals surface area (Å²) in [5, 5.41) is 13.3. The molecule has 118 valence electrons. The fourth-order valence-corrected chi connectivity index (χ4v) is 2.53. The van der Waals surface area contributed by atoms with E-state index in [9.17, 15) is 14.7 Å². The molecule has 3 aromatic rings. The highest BCUT2D eigenvalue weighted by Gasteiger charge is 2.07. The SMILES string of the molecule is O=C(Cn1cccc(O)c1=O)NCCc1c[nH]c2ccccc12. The lowest BCUT2D eigenvalue weighted by Gasteiger charge is -2.07. The van der Waals surface area contributed by atoms with Gasteiger partial charge < -0.3 is 20.0 Å². The molecule has 0 spiro atoms. The van der Waals surface area contributed by atoms with Gasteiger partial charge in [-0.2, -0.15) is 0 Å². The second-order valence-corrected chi connectivity index (χ2v) is 5.29. The molecule has 2 aromatic heterocycles. The summed E-state index contributed by atoms with van der Waals surface area (Å²) in [5.74, 6) is -0.628. The molecule has 0 radical (unpaired) electrons. The first-order chi connectivity index (χ1) is 11.1. The Balaban J connectivity index is 1.57. The van der Waals surface area contributed by atoms with E-state index in [1.165, 1.54) is 22.9 Å². The average Bonchev–Trinajstić information content (AvgIpc) is 2.95. The highest BCUT2D eigenvalue weighted by molar-refractivity contribution is 5.83. The Labute approximate surface area is 132 Å². The third-order valence-corrected chi connectivity index (χ3v) is 3.71. The zero-order valence-electron chi connectivity index (χ0n) is 12.5. The fraction of sp³-hybridized carbons (Fsp3) is 0.176. The third kappa shape index (κ3) is 3.26. The molecular formula is C17H17N3O3. The van der Waals surface area contributed by atoms with Crippen molar-refractivity contribution in [2.75, 3.05) is 6.54 Å². The van der Waals surface area contributed by atoms with Crippen LogP contribution < -0.4 is 10.9 Å². The van der Waals surface area contributed by atoms with Gasteiger partial charge in [0.15, 0.2) is 5.75 Å². The van der Waals surface area contributed by atoms with E-state index in [4.69, 9.17) is 0 Å². The Morgan fingerprint density at radius 1 is 1.22 bits per heavy atom. The minimum atomic E-state index is -0.570. The molecular weight excluding hydrogens is 294 g/mol. The van der Waals surface area contributed by atoms with Crippen LogP contribution in [0.5, 0.6) is 5.75 Å². The number of nitrogens with one attached hydrogen (secondary N) is 2. The van der Waals surface area contributed by atoms with Gasteiger partial charge in [0.25, 0.3) is 5.56 Å². The summed E-state index contributed by atoms with van der Waals surface area (Å²) in [6, 6.07) is 10.8. The summed E-state index contributed by atoms with van der Waals surface area (Å²) >= 11 is 0. The summed E-state index contributed by atoms with van der Waals surface area (Å²) in [6.07, 6.45) is 4.11. The lowest BCUT2D eigenvalue weighted by atomic mass is 10.1. The molecule has 6 heteroatoms. The number of benzene rings is 1. The van der Waals surface area contributed by atoms with Crippen LogP contribution >= 0.6 is 0 Å². The van der Waals surface area contributed by atoms with Crippen LogP contribution in [0.3, 0.4) is 0 Å². The van der Waals surface area contributed by atoms with Crippen molar-refractivity contribution in [2.24, 2.45) is 0 Å². The van der Waals surface area contributed by atoms with Crippen LogP contribution in [0, 0.1) is 0 Å². The van der Waals surface area contributed by atoms with Crippen molar-refractivity contribution in [3.8, 4) is 5.75 Å². The van der Waals surface area contributed by atoms with Gasteiger partial charge in [0.05, 0.1) is 0 Å². The number of aromatic nitrogens is 2. The topological polar surface area (TPSA) is 87.1 Å². The van der Waals surface area contributed by atoms with Crippen LogP contribution in [-0.4, -0.2) is 27.1 Å². The van der Waals surface area contributed by atoms with Crippen molar-refractivity contribution in [3.05, 3.63) is 64.7 Å². The predicted octanol–water partition coefficient (Wildman–Crippen LogP) is 1.39. The quantitative estimate of drug-likeness (QED) is 0.665. The molecule has 0 atom stereocenters. The van der Waals surface area contributed by atoms with E-state index in [-0.39, 0.29) is 18.2 Å². The number of pyridine rings is 1. The lowest BCUT2D eigenvalue weighted by Crippen LogP contribution is -2.33. The molecule has 1 amide bonds. The maximum Gasteiger partial charge on any atom is 0.293 e. The average molecular weight is 311 g/mol. The van der Waals surface area contributed by atoms with Crippen LogP contribution in [0.4, 0.5) is 0 Å². The van der Waals surface area contributed by atoms with Gasteiger partial charge in [-0.15, -0.1) is 0 Å². The molecule has 0 unspecified atom stereocenters. The van der Waals surface area contributed by atoms with Gasteiger partial charge >= 0.3 is 0 Å². The molecule has 6 nitrogen and oxygen atoms in total. The smallest absolute Gasteiger partial charge is 0.293 e. The van der Waals surface area contributed by atoms with Crippen LogP contribution in [0.25, 0.3) is 10.9 Å². The fourth-order valence-electron chi connectivity index (χ4n) is 2.53. The molecule has 3 N–H and O–H groups in total. The van der Waals surface area contributed by atoms with Gasteiger partial charge in [-0.1, -0.05) is 18.2 Å². The van der Waals surface area contributed by atoms with Crippen LogP contribution in [0.2, 0.25) is 0 Å². The number of fused-ring (bicyclic) bond motifs is 1. The molecule has 3 rings (SSSR count). The van der Waals surface area contributed by atoms with Gasteiger partial charge in [0.2, 0.25) is 5.91 Å². The number of para-hydroxylation sites is 1. The lowest BCUT2D eigenvalue weighted by molar-refractivity contribution is -0.121. The zero-order valence-corrected chi connectivity index (χ0v) is 12.5. The van der Waals surface area contributed by atoms with Crippen LogP contribution in [-0.2, 0) is 17.8 Å². The molecule has 0 aliphatic rings. The molecule has 0 aliphatic carbocycles. The summed E-state index contributed by atoms with van der Waals surface area (Å²) in [7, 11) is 0. The second-order valence-electron chi connectivity index (χ2n) is 5.29. The highest BCUT2D eigenvalue weighted by atomic mass is 16.3. The van der Waals surface area contributed by atoms with Gasteiger partial charge in [-0.3, -0.25) is 9.59 Å². The molecule has 0 saturated heterocycles. The number of carbonyl (C=O) groups excluding carboxylic acids is 1. The van der Waals surface area contributed by atoms with Gasteiger partial charge in [0.1, 0.15) is 6.54 Å². The summed E-state index contributed by atoms with van der Waals surface area (Å²) < 4.78 is 1.18. The van der Waals surface area contributed by atoms with E-state index >= 15 is 0 Å². The van der Waals surface area contributed by atoms with Crippen molar-refractivity contribution in [1.29, 1.82) is 0 Å². The van der Waals surface area contributed by atoms with E-state index in [0.717, 1.165) is 16.5 Å². The van der Waals surface area contributed by atoms with Crippen LogP contribution in [0.1, 0.15) is 5.56 Å². The predicted molar refractivity (Wildman–Crippen MR) is 87.4 cm³/mol. The van der Waals surface area contributed by atoms with Crippen molar-refractivity contribution in [3.63, 3.8) is 0 Å². The summed E-state index contributed by atoms with van der Waals surface area (Å²) in [4.78, 5) is 26.7. The number of amides is 1. The van der Waals surface area contributed by atoms with Gasteiger partial charge in [-0.25, -0.2) is 0 Å².